The molecule has 0 bridgehead atoms. The zero-order valence-electron chi connectivity index (χ0n) is 12.5. The van der Waals surface area contributed by atoms with Gasteiger partial charge in [0.2, 0.25) is 0 Å². The lowest BCUT2D eigenvalue weighted by Gasteiger charge is -2.10. The minimum absolute atomic E-state index is 0.263. The van der Waals surface area contributed by atoms with Crippen LogP contribution in [0.2, 0.25) is 0 Å². The lowest BCUT2D eigenvalue weighted by atomic mass is 9.96. The molecular weight excluding hydrogens is 234 g/mol. The van der Waals surface area contributed by atoms with Crippen molar-refractivity contribution < 1.29 is 0 Å². The minimum Gasteiger partial charge on any atom is -0.345 e. The van der Waals surface area contributed by atoms with E-state index in [1.54, 1.807) is 0 Å². The van der Waals surface area contributed by atoms with E-state index in [0.717, 1.165) is 17.2 Å². The highest BCUT2D eigenvalue weighted by atomic mass is 14.9. The maximum Gasteiger partial charge on any atom is 0.111 e. The zero-order chi connectivity index (χ0) is 14.2. The first kappa shape index (κ1) is 13.8. The van der Waals surface area contributed by atoms with Crippen LogP contribution >= 0.6 is 0 Å². The molecule has 0 aliphatic heterocycles. The third-order valence-electron chi connectivity index (χ3n) is 3.64. The molecule has 19 heavy (non-hydrogen) atoms. The minimum atomic E-state index is 0.263. The van der Waals surface area contributed by atoms with E-state index in [1.807, 2.05) is 0 Å². The van der Waals surface area contributed by atoms with Gasteiger partial charge in [0.05, 0.1) is 5.69 Å². The van der Waals surface area contributed by atoms with E-state index >= 15 is 0 Å². The number of nitrogens with one attached hydrogen (secondary N) is 1. The first-order valence-corrected chi connectivity index (χ1v) is 6.78. The van der Waals surface area contributed by atoms with Gasteiger partial charge in [0.15, 0.2) is 0 Å². The van der Waals surface area contributed by atoms with Crippen LogP contribution in [0.25, 0.3) is 11.3 Å². The first-order chi connectivity index (χ1) is 8.93. The van der Waals surface area contributed by atoms with Crippen molar-refractivity contribution in [1.82, 2.24) is 9.97 Å². The number of hydrogen-bond acceptors (Lipinski definition) is 2. The summed E-state index contributed by atoms with van der Waals surface area (Å²) in [5.74, 6) is 1.24. The standard InChI is InChI=1S/C16H23N3/c1-9-6-10(2)14(11(3)7-9)15-13(5)18-16(19-15)12(4)8-17/h6-7,12H,8,17H2,1-5H3,(H,18,19). The number of nitrogens with two attached hydrogens (primary N) is 1. The van der Waals surface area contributed by atoms with Crippen LogP contribution in [0.3, 0.4) is 0 Å². The van der Waals surface area contributed by atoms with Crippen molar-refractivity contribution in [3.05, 3.63) is 40.3 Å². The predicted molar refractivity (Wildman–Crippen MR) is 80.4 cm³/mol. The summed E-state index contributed by atoms with van der Waals surface area (Å²) in [6.07, 6.45) is 0. The van der Waals surface area contributed by atoms with Gasteiger partial charge in [-0.2, -0.15) is 0 Å². The molecule has 0 spiro atoms. The monoisotopic (exact) mass is 257 g/mol. The molecule has 1 atom stereocenters. The first-order valence-electron chi connectivity index (χ1n) is 6.78. The van der Waals surface area contributed by atoms with Crippen molar-refractivity contribution in [2.75, 3.05) is 6.54 Å². The van der Waals surface area contributed by atoms with Gasteiger partial charge in [-0.15, -0.1) is 0 Å². The molecular formula is C16H23N3. The van der Waals surface area contributed by atoms with Crippen LogP contribution in [-0.4, -0.2) is 16.5 Å². The summed E-state index contributed by atoms with van der Waals surface area (Å²) >= 11 is 0. The highest BCUT2D eigenvalue weighted by Gasteiger charge is 2.16. The quantitative estimate of drug-likeness (QED) is 0.885. The molecule has 1 aromatic heterocycles. The maximum atomic E-state index is 5.72. The van der Waals surface area contributed by atoms with Crippen molar-refractivity contribution >= 4 is 0 Å². The lowest BCUT2D eigenvalue weighted by molar-refractivity contribution is 0.723. The Kier molecular flexibility index (Phi) is 3.76. The molecule has 2 aromatic rings. The normalized spacial score (nSPS) is 12.7. The topological polar surface area (TPSA) is 54.7 Å². The van der Waals surface area contributed by atoms with Gasteiger partial charge < -0.3 is 10.7 Å². The van der Waals surface area contributed by atoms with Gasteiger partial charge in [0.25, 0.3) is 0 Å². The Balaban J connectivity index is 2.57. The number of nitrogens with zero attached hydrogens (tertiary/aromatic N) is 1. The Bertz CT molecular complexity index is 573. The molecule has 3 heteroatoms. The number of rotatable bonds is 3. The second-order valence-electron chi connectivity index (χ2n) is 5.51. The molecule has 1 unspecified atom stereocenters. The molecule has 0 saturated heterocycles. The van der Waals surface area contributed by atoms with Gasteiger partial charge in [-0.05, 0) is 38.8 Å². The van der Waals surface area contributed by atoms with Crippen molar-refractivity contribution in [1.29, 1.82) is 0 Å². The number of hydrogen-bond donors (Lipinski definition) is 2. The van der Waals surface area contributed by atoms with E-state index in [-0.39, 0.29) is 5.92 Å². The molecule has 1 heterocycles. The Labute approximate surface area is 115 Å². The third kappa shape index (κ3) is 2.56. The van der Waals surface area contributed by atoms with Gasteiger partial charge in [-0.3, -0.25) is 0 Å². The van der Waals surface area contributed by atoms with Crippen LogP contribution in [0, 0.1) is 27.7 Å². The second kappa shape index (κ2) is 5.17. The van der Waals surface area contributed by atoms with E-state index < -0.39 is 0 Å². The van der Waals surface area contributed by atoms with E-state index in [0.29, 0.717) is 6.54 Å². The summed E-state index contributed by atoms with van der Waals surface area (Å²) in [4.78, 5) is 8.14. The van der Waals surface area contributed by atoms with Crippen LogP contribution in [0.1, 0.15) is 41.1 Å². The number of imidazole rings is 1. The molecule has 102 valence electrons. The molecule has 0 radical (unpaired) electrons. The Morgan fingerprint density at radius 1 is 1.16 bits per heavy atom. The summed E-state index contributed by atoms with van der Waals surface area (Å²) in [5, 5.41) is 0. The molecule has 0 saturated carbocycles. The van der Waals surface area contributed by atoms with Crippen LogP contribution in [-0.2, 0) is 0 Å². The fraction of sp³-hybridized carbons (Fsp3) is 0.438. The van der Waals surface area contributed by atoms with Crippen LogP contribution in [0.15, 0.2) is 12.1 Å². The van der Waals surface area contributed by atoms with Gasteiger partial charge in [0, 0.05) is 23.7 Å². The number of aryl methyl sites for hydroxylation is 4. The average Bonchev–Trinajstić information content (AvgIpc) is 2.69. The van der Waals surface area contributed by atoms with Crippen LogP contribution < -0.4 is 5.73 Å². The van der Waals surface area contributed by atoms with E-state index in [9.17, 15) is 0 Å². The maximum absolute atomic E-state index is 5.72. The largest absolute Gasteiger partial charge is 0.345 e. The molecule has 0 amide bonds. The van der Waals surface area contributed by atoms with Gasteiger partial charge in [0.1, 0.15) is 5.82 Å². The van der Waals surface area contributed by atoms with Crippen molar-refractivity contribution in [2.24, 2.45) is 5.73 Å². The SMILES string of the molecule is Cc1cc(C)c(-c2nc(C(C)CN)[nH]c2C)c(C)c1. The smallest absolute Gasteiger partial charge is 0.111 e. The van der Waals surface area contributed by atoms with Crippen LogP contribution in [0.4, 0.5) is 0 Å². The third-order valence-corrected chi connectivity index (χ3v) is 3.64. The molecule has 2 rings (SSSR count). The average molecular weight is 257 g/mol. The van der Waals surface area contributed by atoms with E-state index in [2.05, 4.69) is 51.7 Å². The van der Waals surface area contributed by atoms with Gasteiger partial charge in [-0.25, -0.2) is 4.98 Å². The summed E-state index contributed by atoms with van der Waals surface area (Å²) in [6, 6.07) is 4.42. The fourth-order valence-corrected chi connectivity index (χ4v) is 2.63. The summed E-state index contributed by atoms with van der Waals surface area (Å²) < 4.78 is 0. The second-order valence-corrected chi connectivity index (χ2v) is 5.51. The van der Waals surface area contributed by atoms with E-state index in [4.69, 9.17) is 10.7 Å². The van der Waals surface area contributed by atoms with Gasteiger partial charge in [-0.1, -0.05) is 24.6 Å². The molecule has 3 nitrogen and oxygen atoms in total. The fourth-order valence-electron chi connectivity index (χ4n) is 2.63. The summed E-state index contributed by atoms with van der Waals surface area (Å²) in [7, 11) is 0. The van der Waals surface area contributed by atoms with E-state index in [1.165, 1.54) is 22.3 Å². The highest BCUT2D eigenvalue weighted by Crippen LogP contribution is 2.30. The van der Waals surface area contributed by atoms with Crippen LogP contribution in [0.5, 0.6) is 0 Å². The van der Waals surface area contributed by atoms with Gasteiger partial charge >= 0.3 is 0 Å². The molecule has 0 aliphatic rings. The van der Waals surface area contributed by atoms with Crippen molar-refractivity contribution in [3.63, 3.8) is 0 Å². The molecule has 0 fully saturated rings. The zero-order valence-corrected chi connectivity index (χ0v) is 12.5. The number of aromatic nitrogens is 2. The molecule has 0 aliphatic carbocycles. The highest BCUT2D eigenvalue weighted by molar-refractivity contribution is 5.70. The predicted octanol–water partition coefficient (Wildman–Crippen LogP) is 3.37. The van der Waals surface area contributed by atoms with Crippen molar-refractivity contribution in [3.8, 4) is 11.3 Å². The summed E-state index contributed by atoms with van der Waals surface area (Å²) in [6.45, 7) is 11.2. The lowest BCUT2D eigenvalue weighted by Crippen LogP contribution is -2.10. The molecule has 1 aromatic carbocycles. The number of aromatic amines is 1. The Morgan fingerprint density at radius 3 is 2.26 bits per heavy atom. The number of H-pyrrole nitrogens is 1. The Morgan fingerprint density at radius 2 is 1.74 bits per heavy atom. The van der Waals surface area contributed by atoms with Crippen molar-refractivity contribution in [2.45, 2.75) is 40.5 Å². The molecule has 3 N–H and O–H groups in total. The Hall–Kier alpha value is -1.61. The summed E-state index contributed by atoms with van der Waals surface area (Å²) in [5.41, 5.74) is 13.0. The number of benzene rings is 1.